The number of nitrogens with one attached hydrogen (secondary N) is 1. The number of aliphatic hydroxyl groups is 1. The second-order valence-corrected chi connectivity index (χ2v) is 5.62. The number of urea groups is 1. The Hall–Kier alpha value is -1.63. The minimum absolute atomic E-state index is 0.226. The lowest BCUT2D eigenvalue weighted by Gasteiger charge is -2.30. The van der Waals surface area contributed by atoms with Crippen LogP contribution in [0.25, 0.3) is 0 Å². The number of hydrogen-bond acceptors (Lipinski definition) is 4. The molecule has 7 heteroatoms. The van der Waals surface area contributed by atoms with Crippen LogP contribution in [-0.2, 0) is 9.59 Å². The molecule has 1 atom stereocenters. The predicted octanol–water partition coefficient (Wildman–Crippen LogP) is -0.310. The van der Waals surface area contributed by atoms with Crippen LogP contribution in [0.5, 0.6) is 0 Å². The SMILES string of the molecule is CCC1(C)NC(=O)N(CC(=O)N2CCC(O)CC2)C1=O. The highest BCUT2D eigenvalue weighted by molar-refractivity contribution is 6.08. The maximum Gasteiger partial charge on any atom is 0.325 e. The number of aliphatic hydroxyl groups excluding tert-OH is 1. The Kier molecular flexibility index (Phi) is 3.99. The number of rotatable bonds is 3. The van der Waals surface area contributed by atoms with Gasteiger partial charge in [0.1, 0.15) is 12.1 Å². The summed E-state index contributed by atoms with van der Waals surface area (Å²) in [6, 6.07) is -0.509. The topological polar surface area (TPSA) is 90.0 Å². The van der Waals surface area contributed by atoms with Crippen LogP contribution in [0.15, 0.2) is 0 Å². The molecule has 2 heterocycles. The van der Waals surface area contributed by atoms with E-state index in [0.29, 0.717) is 32.4 Å². The molecule has 4 amide bonds. The summed E-state index contributed by atoms with van der Waals surface area (Å²) in [4.78, 5) is 38.7. The first kappa shape index (κ1) is 14.8. The van der Waals surface area contributed by atoms with Crippen molar-refractivity contribution in [1.29, 1.82) is 0 Å². The summed E-state index contributed by atoms with van der Waals surface area (Å²) in [5.41, 5.74) is -0.907. The normalized spacial score (nSPS) is 27.9. The molecule has 112 valence electrons. The van der Waals surface area contributed by atoms with Crippen LogP contribution in [-0.4, -0.2) is 64.0 Å². The zero-order chi connectivity index (χ0) is 14.9. The van der Waals surface area contributed by atoms with E-state index in [1.54, 1.807) is 11.8 Å². The number of likely N-dealkylation sites (tertiary alicyclic amines) is 1. The van der Waals surface area contributed by atoms with Crippen molar-refractivity contribution < 1.29 is 19.5 Å². The molecule has 0 aromatic rings. The third-order valence-electron chi connectivity index (χ3n) is 4.16. The fraction of sp³-hybridized carbons (Fsp3) is 0.769. The van der Waals surface area contributed by atoms with E-state index in [0.717, 1.165) is 4.90 Å². The summed E-state index contributed by atoms with van der Waals surface area (Å²) >= 11 is 0. The lowest BCUT2D eigenvalue weighted by atomic mass is 9.99. The van der Waals surface area contributed by atoms with Crippen molar-refractivity contribution in [3.05, 3.63) is 0 Å². The summed E-state index contributed by atoms with van der Waals surface area (Å²) in [6.45, 7) is 4.18. The zero-order valence-corrected chi connectivity index (χ0v) is 11.9. The molecule has 2 N–H and O–H groups in total. The molecular weight excluding hydrogens is 262 g/mol. The van der Waals surface area contributed by atoms with Crippen LogP contribution in [0.1, 0.15) is 33.1 Å². The minimum Gasteiger partial charge on any atom is -0.393 e. The van der Waals surface area contributed by atoms with Gasteiger partial charge in [-0.3, -0.25) is 14.5 Å². The fourth-order valence-electron chi connectivity index (χ4n) is 2.48. The lowest BCUT2D eigenvalue weighted by Crippen LogP contribution is -2.47. The van der Waals surface area contributed by atoms with Crippen LogP contribution in [0.4, 0.5) is 4.79 Å². The van der Waals surface area contributed by atoms with Crippen LogP contribution in [0.3, 0.4) is 0 Å². The van der Waals surface area contributed by atoms with Gasteiger partial charge in [0, 0.05) is 13.1 Å². The van der Waals surface area contributed by atoms with Gasteiger partial charge in [-0.2, -0.15) is 0 Å². The standard InChI is InChI=1S/C13H21N3O4/c1-3-13(2)11(19)16(12(20)14-13)8-10(18)15-6-4-9(17)5-7-15/h9,17H,3-8H2,1-2H3,(H,14,20). The summed E-state index contributed by atoms with van der Waals surface area (Å²) in [6.07, 6.45) is 1.20. The molecule has 0 spiro atoms. The Morgan fingerprint density at radius 1 is 1.40 bits per heavy atom. The Morgan fingerprint density at radius 3 is 2.50 bits per heavy atom. The maximum absolute atomic E-state index is 12.2. The molecule has 20 heavy (non-hydrogen) atoms. The largest absolute Gasteiger partial charge is 0.393 e. The molecule has 2 fully saturated rings. The van der Waals surface area contributed by atoms with Crippen molar-refractivity contribution >= 4 is 17.8 Å². The number of hydrogen-bond donors (Lipinski definition) is 2. The first-order valence-corrected chi connectivity index (χ1v) is 6.97. The van der Waals surface area contributed by atoms with Gasteiger partial charge in [-0.25, -0.2) is 4.79 Å². The summed E-state index contributed by atoms with van der Waals surface area (Å²) in [5.74, 6) is -0.601. The van der Waals surface area contributed by atoms with Gasteiger partial charge in [-0.1, -0.05) is 6.92 Å². The van der Waals surface area contributed by atoms with Gasteiger partial charge in [0.05, 0.1) is 6.10 Å². The van der Waals surface area contributed by atoms with Crippen molar-refractivity contribution in [3.63, 3.8) is 0 Å². The summed E-state index contributed by atoms with van der Waals surface area (Å²) in [7, 11) is 0. The van der Waals surface area contributed by atoms with Gasteiger partial charge in [-0.05, 0) is 26.2 Å². The molecule has 0 bridgehead atoms. The molecule has 1 unspecified atom stereocenters. The van der Waals surface area contributed by atoms with Crippen LogP contribution in [0.2, 0.25) is 0 Å². The molecule has 2 rings (SSSR count). The monoisotopic (exact) mass is 283 g/mol. The summed E-state index contributed by atoms with van der Waals surface area (Å²) in [5, 5.41) is 12.0. The van der Waals surface area contributed by atoms with E-state index in [1.165, 1.54) is 0 Å². The highest BCUT2D eigenvalue weighted by Crippen LogP contribution is 2.21. The van der Waals surface area contributed by atoms with Crippen LogP contribution in [0, 0.1) is 0 Å². The Balaban J connectivity index is 1.98. The molecule has 0 aromatic carbocycles. The predicted molar refractivity (Wildman–Crippen MR) is 70.8 cm³/mol. The Bertz CT molecular complexity index is 431. The number of carbonyl (C=O) groups is 3. The van der Waals surface area contributed by atoms with Gasteiger partial charge < -0.3 is 15.3 Å². The zero-order valence-electron chi connectivity index (χ0n) is 11.9. The van der Waals surface area contributed by atoms with Crippen molar-refractivity contribution in [1.82, 2.24) is 15.1 Å². The van der Waals surface area contributed by atoms with Gasteiger partial charge in [-0.15, -0.1) is 0 Å². The molecular formula is C13H21N3O4. The van der Waals surface area contributed by atoms with E-state index in [2.05, 4.69) is 5.32 Å². The van der Waals surface area contributed by atoms with Crippen molar-refractivity contribution in [2.75, 3.05) is 19.6 Å². The van der Waals surface area contributed by atoms with E-state index in [-0.39, 0.29) is 24.5 Å². The fourth-order valence-corrected chi connectivity index (χ4v) is 2.48. The Labute approximate surface area is 117 Å². The molecule has 0 aromatic heterocycles. The quantitative estimate of drug-likeness (QED) is 0.695. The van der Waals surface area contributed by atoms with Gasteiger partial charge >= 0.3 is 6.03 Å². The molecule has 0 aliphatic carbocycles. The van der Waals surface area contributed by atoms with Gasteiger partial charge in [0.15, 0.2) is 0 Å². The van der Waals surface area contributed by atoms with Crippen LogP contribution >= 0.6 is 0 Å². The molecule has 2 saturated heterocycles. The molecule has 0 radical (unpaired) electrons. The second-order valence-electron chi connectivity index (χ2n) is 5.62. The van der Waals surface area contributed by atoms with Gasteiger partial charge in [0.2, 0.25) is 5.91 Å². The number of carbonyl (C=O) groups excluding carboxylic acids is 3. The average molecular weight is 283 g/mol. The first-order chi connectivity index (χ1) is 9.37. The maximum atomic E-state index is 12.2. The van der Waals surface area contributed by atoms with E-state index >= 15 is 0 Å². The third kappa shape index (κ3) is 2.63. The molecule has 7 nitrogen and oxygen atoms in total. The number of nitrogens with zero attached hydrogens (tertiary/aromatic N) is 2. The third-order valence-corrected chi connectivity index (χ3v) is 4.16. The Morgan fingerprint density at radius 2 is 2.00 bits per heavy atom. The van der Waals surface area contributed by atoms with Crippen molar-refractivity contribution in [2.24, 2.45) is 0 Å². The number of amides is 4. The molecule has 0 saturated carbocycles. The molecule has 2 aliphatic heterocycles. The average Bonchev–Trinajstić information content (AvgIpc) is 2.64. The minimum atomic E-state index is -0.907. The van der Waals surface area contributed by atoms with E-state index in [9.17, 15) is 19.5 Å². The van der Waals surface area contributed by atoms with Crippen molar-refractivity contribution in [3.8, 4) is 0 Å². The lowest BCUT2D eigenvalue weighted by molar-refractivity contribution is -0.140. The number of imide groups is 1. The second kappa shape index (κ2) is 5.40. The highest BCUT2D eigenvalue weighted by atomic mass is 16.3. The number of piperidine rings is 1. The molecule has 2 aliphatic rings. The van der Waals surface area contributed by atoms with E-state index in [4.69, 9.17) is 0 Å². The van der Waals surface area contributed by atoms with Crippen molar-refractivity contribution in [2.45, 2.75) is 44.8 Å². The smallest absolute Gasteiger partial charge is 0.325 e. The van der Waals surface area contributed by atoms with Gasteiger partial charge in [0.25, 0.3) is 5.91 Å². The van der Waals surface area contributed by atoms with Crippen LogP contribution < -0.4 is 5.32 Å². The highest BCUT2D eigenvalue weighted by Gasteiger charge is 2.47. The van der Waals surface area contributed by atoms with E-state index in [1.807, 2.05) is 6.92 Å². The first-order valence-electron chi connectivity index (χ1n) is 6.97. The summed E-state index contributed by atoms with van der Waals surface area (Å²) < 4.78 is 0. The van der Waals surface area contributed by atoms with E-state index < -0.39 is 11.6 Å².